The molecule has 1 aromatic carbocycles. The first kappa shape index (κ1) is 10.9. The van der Waals surface area contributed by atoms with Crippen molar-refractivity contribution in [3.8, 4) is 0 Å². The molecule has 0 aromatic heterocycles. The molecule has 1 aromatic rings. The van der Waals surface area contributed by atoms with Crippen LogP contribution in [0, 0.1) is 0 Å². The zero-order chi connectivity index (χ0) is 16.4. The summed E-state index contributed by atoms with van der Waals surface area (Å²) in [6.07, 6.45) is 0.186. The average Bonchev–Trinajstić information content (AvgIpc) is 2.47. The van der Waals surface area contributed by atoms with Gasteiger partial charge in [-0.25, -0.2) is 8.42 Å². The summed E-state index contributed by atoms with van der Waals surface area (Å²) in [5.74, 6) is 0.270. The van der Waals surface area contributed by atoms with E-state index < -0.39 is 16.0 Å². The minimum Gasteiger partial charge on any atom is -0.303 e. The maximum absolute atomic E-state index is 12.1. The molecule has 1 heterocycles. The Hall–Kier alpha value is -0.870. The second kappa shape index (κ2) is 6.06. The van der Waals surface area contributed by atoms with E-state index in [1.807, 2.05) is 6.07 Å². The fraction of sp³-hybridized carbons (Fsp3) is 0.600. The van der Waals surface area contributed by atoms with Crippen LogP contribution in [0.25, 0.3) is 0 Å². The number of sulfone groups is 1. The summed E-state index contributed by atoms with van der Waals surface area (Å²) in [4.78, 5) is 2.29. The summed E-state index contributed by atoms with van der Waals surface area (Å²) < 4.78 is 45.8. The van der Waals surface area contributed by atoms with Crippen molar-refractivity contribution in [3.63, 3.8) is 0 Å². The van der Waals surface area contributed by atoms with Gasteiger partial charge in [-0.2, -0.15) is 0 Å². The second-order valence-electron chi connectivity index (χ2n) is 5.22. The van der Waals surface area contributed by atoms with Gasteiger partial charge in [-0.3, -0.25) is 0 Å². The van der Waals surface area contributed by atoms with E-state index in [1.165, 1.54) is 6.07 Å². The number of likely N-dealkylation sites (tertiary alicyclic amines) is 1. The quantitative estimate of drug-likeness (QED) is 0.798. The Morgan fingerprint density at radius 3 is 3.05 bits per heavy atom. The first-order valence-electron chi connectivity index (χ1n) is 8.32. The van der Waals surface area contributed by atoms with E-state index in [9.17, 15) is 8.42 Å². The SMILES string of the molecule is [2H][13C]([2H])([2H])S(=O)(=O)c1cccc([C@@H]2CCCN(CCC)C2)c1. The molecule has 0 radical (unpaired) electrons. The molecule has 0 spiro atoms. The van der Waals surface area contributed by atoms with E-state index in [-0.39, 0.29) is 10.8 Å². The van der Waals surface area contributed by atoms with Gasteiger partial charge in [0.25, 0.3) is 0 Å². The van der Waals surface area contributed by atoms with Crippen LogP contribution in [0.4, 0.5) is 0 Å². The van der Waals surface area contributed by atoms with Crippen LogP contribution in [0.1, 0.15) is 41.8 Å². The highest BCUT2D eigenvalue weighted by Crippen LogP contribution is 2.28. The van der Waals surface area contributed by atoms with Crippen LogP contribution in [0.5, 0.6) is 0 Å². The maximum Gasteiger partial charge on any atom is 0.175 e. The Morgan fingerprint density at radius 2 is 2.32 bits per heavy atom. The lowest BCUT2D eigenvalue weighted by molar-refractivity contribution is 0.208. The van der Waals surface area contributed by atoms with Crippen LogP contribution in [0.3, 0.4) is 0 Å². The number of piperidine rings is 1. The van der Waals surface area contributed by atoms with Crippen molar-refractivity contribution in [3.05, 3.63) is 29.8 Å². The van der Waals surface area contributed by atoms with Crippen molar-refractivity contribution in [1.29, 1.82) is 0 Å². The summed E-state index contributed by atoms with van der Waals surface area (Å²) in [5.41, 5.74) is 0.922. The monoisotopic (exact) mass is 285 g/mol. The lowest BCUT2D eigenvalue weighted by atomic mass is 9.90. The summed E-state index contributed by atoms with van der Waals surface area (Å²) in [5, 5.41) is 0. The second-order valence-corrected chi connectivity index (χ2v) is 6.69. The van der Waals surface area contributed by atoms with E-state index >= 15 is 0 Å². The molecular weight excluding hydrogens is 259 g/mol. The molecule has 19 heavy (non-hydrogen) atoms. The zero-order valence-corrected chi connectivity index (χ0v) is 12.1. The summed E-state index contributed by atoms with van der Waals surface area (Å²) in [7, 11) is -4.27. The van der Waals surface area contributed by atoms with Crippen LogP contribution in [-0.4, -0.2) is 39.1 Å². The molecule has 2 rings (SSSR count). The predicted molar refractivity (Wildman–Crippen MR) is 78.3 cm³/mol. The molecule has 106 valence electrons. The van der Waals surface area contributed by atoms with Gasteiger partial charge >= 0.3 is 0 Å². The number of hydrogen-bond acceptors (Lipinski definition) is 3. The molecule has 0 amide bonds. The first-order chi connectivity index (χ1) is 10.3. The van der Waals surface area contributed by atoms with Gasteiger partial charge in [0.15, 0.2) is 9.84 Å². The minimum atomic E-state index is -4.27. The van der Waals surface area contributed by atoms with Crippen LogP contribution >= 0.6 is 0 Å². The van der Waals surface area contributed by atoms with Crippen LogP contribution in [0.15, 0.2) is 29.2 Å². The summed E-state index contributed by atoms with van der Waals surface area (Å²) in [6.45, 7) is 5.18. The average molecular weight is 285 g/mol. The predicted octanol–water partition coefficient (Wildman–Crippen LogP) is 2.68. The molecule has 1 aliphatic heterocycles. The highest BCUT2D eigenvalue weighted by molar-refractivity contribution is 7.90. The van der Waals surface area contributed by atoms with Gasteiger partial charge in [0.1, 0.15) is 0 Å². The van der Waals surface area contributed by atoms with Gasteiger partial charge in [0.2, 0.25) is 0 Å². The van der Waals surface area contributed by atoms with E-state index in [2.05, 4.69) is 11.8 Å². The first-order valence-corrected chi connectivity index (χ1v) is 8.31. The molecule has 0 saturated carbocycles. The lowest BCUT2D eigenvalue weighted by Gasteiger charge is -2.32. The fourth-order valence-corrected chi connectivity index (χ4v) is 3.33. The molecule has 0 aliphatic carbocycles. The molecular formula is C15H23NO2S. The molecule has 0 unspecified atom stereocenters. The molecule has 0 bridgehead atoms. The summed E-state index contributed by atoms with van der Waals surface area (Å²) >= 11 is 0. The van der Waals surface area contributed by atoms with Gasteiger partial charge in [-0.15, -0.1) is 0 Å². The Balaban J connectivity index is 2.25. The minimum absolute atomic E-state index is 0.0994. The third-order valence-corrected chi connectivity index (χ3v) is 4.56. The molecule has 1 atom stereocenters. The number of benzene rings is 1. The smallest absolute Gasteiger partial charge is 0.175 e. The van der Waals surface area contributed by atoms with E-state index in [1.54, 1.807) is 12.1 Å². The number of nitrogens with zero attached hydrogens (tertiary/aromatic N) is 1. The normalized spacial score (nSPS) is 24.5. The standard InChI is InChI=1S/C15H23NO2S/c1-3-9-16-10-5-7-14(12-16)13-6-4-8-15(11-13)19(2,17)18/h4,6,8,11,14H,3,5,7,9-10,12H2,1-2H3/t14-/m1/s1/i2+1D3. The van der Waals surface area contributed by atoms with E-state index in [0.717, 1.165) is 44.5 Å². The van der Waals surface area contributed by atoms with Crippen molar-refractivity contribution in [2.75, 3.05) is 25.8 Å². The van der Waals surface area contributed by atoms with Crippen molar-refractivity contribution < 1.29 is 12.5 Å². The number of hydrogen-bond donors (Lipinski definition) is 0. The van der Waals surface area contributed by atoms with E-state index in [0.29, 0.717) is 0 Å². The van der Waals surface area contributed by atoms with Crippen molar-refractivity contribution >= 4 is 9.84 Å². The Labute approximate surface area is 120 Å². The molecule has 0 N–H and O–H groups in total. The molecule has 1 fully saturated rings. The molecule has 3 nitrogen and oxygen atoms in total. The third-order valence-electron chi connectivity index (χ3n) is 3.69. The fourth-order valence-electron chi connectivity index (χ4n) is 2.78. The van der Waals surface area contributed by atoms with Crippen LogP contribution in [0.2, 0.25) is 0 Å². The van der Waals surface area contributed by atoms with E-state index in [4.69, 9.17) is 4.11 Å². The van der Waals surface area contributed by atoms with Crippen molar-refractivity contribution in [1.82, 2.24) is 4.90 Å². The van der Waals surface area contributed by atoms with Crippen molar-refractivity contribution in [2.45, 2.75) is 37.0 Å². The Morgan fingerprint density at radius 1 is 1.47 bits per heavy atom. The lowest BCUT2D eigenvalue weighted by Crippen LogP contribution is -2.34. The summed E-state index contributed by atoms with van der Waals surface area (Å²) in [6, 6.07) is 6.46. The van der Waals surface area contributed by atoms with Gasteiger partial charge in [0, 0.05) is 16.8 Å². The highest BCUT2D eigenvalue weighted by Gasteiger charge is 2.21. The molecule has 1 saturated heterocycles. The van der Waals surface area contributed by atoms with Crippen LogP contribution in [-0.2, 0) is 9.84 Å². The third kappa shape index (κ3) is 3.80. The topological polar surface area (TPSA) is 37.4 Å². The molecule has 1 aliphatic rings. The Kier molecular flexibility index (Phi) is 3.46. The van der Waals surface area contributed by atoms with Crippen molar-refractivity contribution in [2.24, 2.45) is 0 Å². The van der Waals surface area contributed by atoms with Gasteiger partial charge in [-0.05, 0) is 56.0 Å². The van der Waals surface area contributed by atoms with Crippen LogP contribution < -0.4 is 0 Å². The van der Waals surface area contributed by atoms with Gasteiger partial charge < -0.3 is 4.90 Å². The maximum atomic E-state index is 12.1. The highest BCUT2D eigenvalue weighted by atomic mass is 32.2. The zero-order valence-electron chi connectivity index (χ0n) is 14.3. The van der Waals surface area contributed by atoms with Gasteiger partial charge in [0.05, 0.1) is 4.90 Å². The largest absolute Gasteiger partial charge is 0.303 e. The Bertz CT molecular complexity index is 611. The van der Waals surface area contributed by atoms with Gasteiger partial charge in [-0.1, -0.05) is 19.1 Å². The number of rotatable bonds is 4. The molecule has 4 heteroatoms.